The maximum Gasteiger partial charge on any atom is 0.0163 e. The zero-order valence-corrected chi connectivity index (χ0v) is 9.30. The molecule has 0 aromatic heterocycles. The second-order valence-electron chi connectivity index (χ2n) is 5.44. The highest BCUT2D eigenvalue weighted by atomic mass is 15.2. The first kappa shape index (κ1) is 9.47. The first-order valence-corrected chi connectivity index (χ1v) is 5.45. The molecule has 0 amide bonds. The molecular weight excluding hydrogens is 160 g/mol. The van der Waals surface area contributed by atoms with Gasteiger partial charge in [0.05, 0.1) is 0 Å². The topological polar surface area (TPSA) is 15.3 Å². The largest absolute Gasteiger partial charge is 0.316 e. The van der Waals surface area contributed by atoms with Crippen LogP contribution in [0.5, 0.6) is 0 Å². The Bertz CT molecular complexity index is 186. The van der Waals surface area contributed by atoms with Crippen molar-refractivity contribution < 1.29 is 0 Å². The number of hydrogen-bond acceptors (Lipinski definition) is 2. The molecule has 1 aliphatic carbocycles. The molecule has 0 aromatic carbocycles. The predicted octanol–water partition coefficient (Wildman–Crippen LogP) is 1.18. The van der Waals surface area contributed by atoms with Crippen LogP contribution in [-0.4, -0.2) is 37.6 Å². The minimum atomic E-state index is 0.639. The summed E-state index contributed by atoms with van der Waals surface area (Å²) < 4.78 is 0. The summed E-state index contributed by atoms with van der Waals surface area (Å²) in [6, 6.07) is 0.639. The average Bonchev–Trinajstić information content (AvgIpc) is 2.54. The molecule has 13 heavy (non-hydrogen) atoms. The third-order valence-electron chi connectivity index (χ3n) is 4.22. The van der Waals surface area contributed by atoms with Gasteiger partial charge in [-0.25, -0.2) is 0 Å². The van der Waals surface area contributed by atoms with Crippen LogP contribution in [0.1, 0.15) is 20.8 Å². The smallest absolute Gasteiger partial charge is 0.0163 e. The minimum Gasteiger partial charge on any atom is -0.316 e. The van der Waals surface area contributed by atoms with Crippen molar-refractivity contribution in [2.45, 2.75) is 26.8 Å². The molecule has 2 rings (SSSR count). The minimum absolute atomic E-state index is 0.639. The summed E-state index contributed by atoms with van der Waals surface area (Å²) >= 11 is 0. The summed E-state index contributed by atoms with van der Waals surface area (Å²) in [6.45, 7) is 11.0. The molecular formula is C11H22N2. The zero-order valence-electron chi connectivity index (χ0n) is 9.30. The molecule has 2 aliphatic rings. The maximum absolute atomic E-state index is 3.30. The summed E-state index contributed by atoms with van der Waals surface area (Å²) in [5.74, 6) is 1.99. The van der Waals surface area contributed by atoms with E-state index in [0.29, 0.717) is 11.5 Å². The lowest BCUT2D eigenvalue weighted by Crippen LogP contribution is -2.38. The Morgan fingerprint density at radius 3 is 2.38 bits per heavy atom. The summed E-state index contributed by atoms with van der Waals surface area (Å²) in [6.07, 6.45) is 0. The van der Waals surface area contributed by atoms with E-state index in [1.165, 1.54) is 19.6 Å². The molecule has 1 aliphatic heterocycles. The van der Waals surface area contributed by atoms with Gasteiger partial charge in [-0.3, -0.25) is 0 Å². The SMILES string of the molecule is CNC(C)CN1CC2C(C1)C2(C)C. The predicted molar refractivity (Wildman–Crippen MR) is 55.7 cm³/mol. The lowest BCUT2D eigenvalue weighted by Gasteiger charge is -2.24. The standard InChI is InChI=1S/C11H22N2/c1-8(12-4)5-13-6-9-10(7-13)11(9,2)3/h8-10,12H,5-7H2,1-4H3. The molecule has 2 nitrogen and oxygen atoms in total. The third kappa shape index (κ3) is 1.50. The summed E-state index contributed by atoms with van der Waals surface area (Å²) in [7, 11) is 2.05. The zero-order chi connectivity index (χ0) is 9.64. The summed E-state index contributed by atoms with van der Waals surface area (Å²) in [5, 5.41) is 3.30. The second kappa shape index (κ2) is 2.96. The monoisotopic (exact) mass is 182 g/mol. The average molecular weight is 182 g/mol. The van der Waals surface area contributed by atoms with Gasteiger partial charge in [0.25, 0.3) is 0 Å². The van der Waals surface area contributed by atoms with E-state index in [1.54, 1.807) is 0 Å². The van der Waals surface area contributed by atoms with Gasteiger partial charge in [-0.1, -0.05) is 13.8 Å². The Kier molecular flexibility index (Phi) is 2.16. The highest BCUT2D eigenvalue weighted by Crippen LogP contribution is 2.61. The molecule has 1 heterocycles. The molecule has 2 fully saturated rings. The maximum atomic E-state index is 3.30. The summed E-state index contributed by atoms with van der Waals surface area (Å²) in [5.41, 5.74) is 0.666. The van der Waals surface area contributed by atoms with Crippen molar-refractivity contribution in [2.24, 2.45) is 17.3 Å². The van der Waals surface area contributed by atoms with Gasteiger partial charge in [0.1, 0.15) is 0 Å². The molecule has 0 aromatic rings. The van der Waals surface area contributed by atoms with Gasteiger partial charge >= 0.3 is 0 Å². The summed E-state index contributed by atoms with van der Waals surface area (Å²) in [4.78, 5) is 2.61. The Hall–Kier alpha value is -0.0800. The number of piperidine rings is 1. The molecule has 2 heteroatoms. The number of likely N-dealkylation sites (tertiary alicyclic amines) is 1. The number of fused-ring (bicyclic) bond motifs is 1. The molecule has 0 spiro atoms. The molecule has 0 bridgehead atoms. The van der Waals surface area contributed by atoms with E-state index in [1.807, 2.05) is 7.05 Å². The van der Waals surface area contributed by atoms with E-state index in [9.17, 15) is 0 Å². The van der Waals surface area contributed by atoms with Crippen LogP contribution in [0.4, 0.5) is 0 Å². The van der Waals surface area contributed by atoms with Gasteiger partial charge in [0.15, 0.2) is 0 Å². The molecule has 1 N–H and O–H groups in total. The van der Waals surface area contributed by atoms with Gasteiger partial charge in [-0.15, -0.1) is 0 Å². The van der Waals surface area contributed by atoms with Crippen molar-refractivity contribution in [1.82, 2.24) is 10.2 Å². The van der Waals surface area contributed by atoms with Crippen molar-refractivity contribution in [3.8, 4) is 0 Å². The number of rotatable bonds is 3. The lowest BCUT2D eigenvalue weighted by molar-refractivity contribution is 0.240. The second-order valence-corrected chi connectivity index (χ2v) is 5.44. The highest BCUT2D eigenvalue weighted by molar-refractivity contribution is 5.11. The molecule has 1 saturated heterocycles. The fraction of sp³-hybridized carbons (Fsp3) is 1.00. The van der Waals surface area contributed by atoms with E-state index in [0.717, 1.165) is 11.8 Å². The highest BCUT2D eigenvalue weighted by Gasteiger charge is 2.61. The van der Waals surface area contributed by atoms with Gasteiger partial charge in [-0.05, 0) is 31.2 Å². The van der Waals surface area contributed by atoms with Gasteiger partial charge in [0.2, 0.25) is 0 Å². The van der Waals surface area contributed by atoms with Gasteiger partial charge in [-0.2, -0.15) is 0 Å². The van der Waals surface area contributed by atoms with E-state index in [2.05, 4.69) is 31.0 Å². The number of nitrogens with one attached hydrogen (secondary N) is 1. The number of hydrogen-bond donors (Lipinski definition) is 1. The van der Waals surface area contributed by atoms with Gasteiger partial charge < -0.3 is 10.2 Å². The van der Waals surface area contributed by atoms with Crippen LogP contribution in [0, 0.1) is 17.3 Å². The number of likely N-dealkylation sites (N-methyl/N-ethyl adjacent to an activating group) is 1. The fourth-order valence-electron chi connectivity index (χ4n) is 2.84. The first-order valence-electron chi connectivity index (χ1n) is 5.45. The van der Waals surface area contributed by atoms with Crippen LogP contribution in [0.15, 0.2) is 0 Å². The lowest BCUT2D eigenvalue weighted by atomic mass is 10.1. The van der Waals surface area contributed by atoms with Crippen LogP contribution < -0.4 is 5.32 Å². The van der Waals surface area contributed by atoms with Crippen molar-refractivity contribution in [3.63, 3.8) is 0 Å². The van der Waals surface area contributed by atoms with Crippen molar-refractivity contribution >= 4 is 0 Å². The van der Waals surface area contributed by atoms with Gasteiger partial charge in [0, 0.05) is 25.7 Å². The van der Waals surface area contributed by atoms with E-state index < -0.39 is 0 Å². The first-order chi connectivity index (χ1) is 6.05. The molecule has 1 saturated carbocycles. The van der Waals surface area contributed by atoms with Crippen LogP contribution in [0.2, 0.25) is 0 Å². The Balaban J connectivity index is 1.78. The van der Waals surface area contributed by atoms with Crippen LogP contribution in [-0.2, 0) is 0 Å². The Labute approximate surface area is 81.7 Å². The molecule has 76 valence electrons. The normalized spacial score (nSPS) is 38.8. The molecule has 0 radical (unpaired) electrons. The number of nitrogens with zero attached hydrogens (tertiary/aromatic N) is 1. The fourth-order valence-corrected chi connectivity index (χ4v) is 2.84. The molecule has 3 unspecified atom stereocenters. The quantitative estimate of drug-likeness (QED) is 0.705. The van der Waals surface area contributed by atoms with E-state index in [4.69, 9.17) is 0 Å². The van der Waals surface area contributed by atoms with E-state index in [-0.39, 0.29) is 0 Å². The van der Waals surface area contributed by atoms with Crippen LogP contribution >= 0.6 is 0 Å². The van der Waals surface area contributed by atoms with E-state index >= 15 is 0 Å². The molecule has 3 atom stereocenters. The van der Waals surface area contributed by atoms with Crippen molar-refractivity contribution in [2.75, 3.05) is 26.7 Å². The van der Waals surface area contributed by atoms with Crippen LogP contribution in [0.25, 0.3) is 0 Å². The Morgan fingerprint density at radius 2 is 1.92 bits per heavy atom. The Morgan fingerprint density at radius 1 is 1.38 bits per heavy atom. The van der Waals surface area contributed by atoms with Crippen molar-refractivity contribution in [3.05, 3.63) is 0 Å². The van der Waals surface area contributed by atoms with Crippen LogP contribution in [0.3, 0.4) is 0 Å². The third-order valence-corrected chi connectivity index (χ3v) is 4.22. The van der Waals surface area contributed by atoms with Crippen molar-refractivity contribution in [1.29, 1.82) is 0 Å².